The van der Waals surface area contributed by atoms with Gasteiger partial charge < -0.3 is 28.7 Å². The van der Waals surface area contributed by atoms with Gasteiger partial charge in [-0.25, -0.2) is 0 Å². The molecule has 398 valence electrons. The Kier molecular flexibility index (Phi) is 38.6. The quantitative estimate of drug-likeness (QED) is 0.0330. The van der Waals surface area contributed by atoms with Crippen molar-refractivity contribution in [1.82, 2.24) is 14.7 Å². The van der Waals surface area contributed by atoms with Gasteiger partial charge in [-0.05, 0) is 76.8 Å². The third kappa shape index (κ3) is 32.6. The number of carbonyl (C=O) groups excluding carboxylic acids is 4. The minimum atomic E-state index is -0.415. The van der Waals surface area contributed by atoms with E-state index in [2.05, 4.69) is 49.4 Å². The summed E-state index contributed by atoms with van der Waals surface area (Å²) in [7, 11) is 2.13. The highest BCUT2D eigenvalue weighted by Crippen LogP contribution is 2.26. The molecule has 11 heteroatoms. The molecule has 0 radical (unpaired) electrons. The first-order valence-corrected chi connectivity index (χ1v) is 29.0. The summed E-state index contributed by atoms with van der Waals surface area (Å²) in [5.74, 6) is 0.966. The van der Waals surface area contributed by atoms with Crippen LogP contribution in [-0.2, 0) is 38.1 Å². The summed E-state index contributed by atoms with van der Waals surface area (Å²) >= 11 is 0. The molecule has 11 nitrogen and oxygen atoms in total. The van der Waals surface area contributed by atoms with E-state index in [4.69, 9.17) is 18.9 Å². The standard InChI is InChI=1S/C57H107N3O8/c1-6-10-20-30-50(31-21-11-7-2)34-28-46-65-54(61)36-24-16-14-18-26-39-60-49-52(68-56(63)38-40-59-43-41-58(5)42-44-59)48-53(60)57(64)67-45-27-19-15-17-25-37-55(62)66-47-29-35-51(32-22-12-8-3)33-23-13-9-4/h50-53H,6-49H2,1-5H3/t52-,53-/m0/s1. The number of likely N-dealkylation sites (tertiary alicyclic amines) is 1. The Morgan fingerprint density at radius 2 is 0.897 bits per heavy atom. The summed E-state index contributed by atoms with van der Waals surface area (Å²) in [6.45, 7) is 16.5. The topological polar surface area (TPSA) is 115 Å². The highest BCUT2D eigenvalue weighted by molar-refractivity contribution is 5.76. The van der Waals surface area contributed by atoms with Gasteiger partial charge in [0.25, 0.3) is 0 Å². The number of nitrogens with zero attached hydrogens (tertiary/aromatic N) is 3. The van der Waals surface area contributed by atoms with Gasteiger partial charge in [0.05, 0.1) is 26.2 Å². The lowest BCUT2D eigenvalue weighted by Gasteiger charge is -2.32. The highest BCUT2D eigenvalue weighted by Gasteiger charge is 2.39. The van der Waals surface area contributed by atoms with E-state index in [0.717, 1.165) is 134 Å². The number of likely N-dealkylation sites (N-methyl/N-ethyl adjacent to an activating group) is 1. The molecule has 0 amide bonds. The minimum absolute atomic E-state index is 0.0712. The van der Waals surface area contributed by atoms with Crippen LogP contribution < -0.4 is 0 Å². The third-order valence-corrected chi connectivity index (χ3v) is 14.7. The zero-order chi connectivity index (χ0) is 49.3. The van der Waals surface area contributed by atoms with E-state index in [1.165, 1.54) is 103 Å². The molecule has 0 spiro atoms. The van der Waals surface area contributed by atoms with E-state index in [1.807, 2.05) is 0 Å². The van der Waals surface area contributed by atoms with Crippen molar-refractivity contribution < 1.29 is 38.1 Å². The Morgan fingerprint density at radius 3 is 1.40 bits per heavy atom. The van der Waals surface area contributed by atoms with E-state index in [9.17, 15) is 19.2 Å². The van der Waals surface area contributed by atoms with Crippen LogP contribution in [0.2, 0.25) is 0 Å². The van der Waals surface area contributed by atoms with Crippen molar-refractivity contribution in [3.8, 4) is 0 Å². The molecule has 0 N–H and O–H groups in total. The zero-order valence-electron chi connectivity index (χ0n) is 45.0. The second-order valence-corrected chi connectivity index (χ2v) is 20.9. The molecule has 68 heavy (non-hydrogen) atoms. The normalized spacial score (nSPS) is 17.0. The van der Waals surface area contributed by atoms with Gasteiger partial charge in [0, 0.05) is 58.5 Å². The van der Waals surface area contributed by atoms with Crippen LogP contribution in [0, 0.1) is 11.8 Å². The molecule has 0 unspecified atom stereocenters. The predicted molar refractivity (Wildman–Crippen MR) is 279 cm³/mol. The first kappa shape index (κ1) is 61.9. The average Bonchev–Trinajstić information content (AvgIpc) is 3.73. The minimum Gasteiger partial charge on any atom is -0.466 e. The monoisotopic (exact) mass is 962 g/mol. The lowest BCUT2D eigenvalue weighted by molar-refractivity contribution is -0.151. The van der Waals surface area contributed by atoms with Crippen LogP contribution >= 0.6 is 0 Å². The lowest BCUT2D eigenvalue weighted by atomic mass is 9.91. The molecule has 2 saturated heterocycles. The summed E-state index contributed by atoms with van der Waals surface area (Å²) in [6.07, 6.45) is 35.8. The van der Waals surface area contributed by atoms with E-state index in [1.54, 1.807) is 0 Å². The largest absolute Gasteiger partial charge is 0.466 e. The molecule has 0 aliphatic carbocycles. The molecule has 2 aliphatic heterocycles. The Morgan fingerprint density at radius 1 is 0.456 bits per heavy atom. The average molecular weight is 962 g/mol. The van der Waals surface area contributed by atoms with E-state index in [-0.39, 0.29) is 30.0 Å². The Bertz CT molecular complexity index is 1230. The van der Waals surface area contributed by atoms with Gasteiger partial charge in [0.1, 0.15) is 12.1 Å². The second-order valence-electron chi connectivity index (χ2n) is 20.9. The summed E-state index contributed by atoms with van der Waals surface area (Å²) < 4.78 is 23.0. The molecule has 2 rings (SSSR count). The molecule has 0 aromatic carbocycles. The van der Waals surface area contributed by atoms with Gasteiger partial charge in [-0.1, -0.05) is 169 Å². The van der Waals surface area contributed by atoms with Gasteiger partial charge in [-0.15, -0.1) is 0 Å². The van der Waals surface area contributed by atoms with Crippen LogP contribution in [0.4, 0.5) is 0 Å². The maximum Gasteiger partial charge on any atom is 0.323 e. The first-order chi connectivity index (χ1) is 33.2. The van der Waals surface area contributed by atoms with Crippen LogP contribution in [0.25, 0.3) is 0 Å². The maximum atomic E-state index is 13.5. The Balaban J connectivity index is 1.67. The second kappa shape index (κ2) is 42.4. The van der Waals surface area contributed by atoms with Crippen molar-refractivity contribution in [3.63, 3.8) is 0 Å². The molecule has 2 aliphatic rings. The number of ether oxygens (including phenoxy) is 4. The van der Waals surface area contributed by atoms with E-state index >= 15 is 0 Å². The van der Waals surface area contributed by atoms with Crippen molar-refractivity contribution >= 4 is 23.9 Å². The van der Waals surface area contributed by atoms with Crippen LogP contribution in [0.1, 0.15) is 246 Å². The number of piperazine rings is 1. The fourth-order valence-electron chi connectivity index (χ4n) is 10.1. The SMILES string of the molecule is CCCCCC(CCCCC)CCCOC(=O)CCCCCCCOC(=O)[C@@H]1C[C@H](OC(=O)CCN2CCN(C)CC2)CN1CCCCCCCC(=O)OCCCC(CCCCC)CCCCC. The van der Waals surface area contributed by atoms with Crippen molar-refractivity contribution in [1.29, 1.82) is 0 Å². The van der Waals surface area contributed by atoms with E-state index in [0.29, 0.717) is 58.6 Å². The van der Waals surface area contributed by atoms with Gasteiger partial charge in [0.2, 0.25) is 0 Å². The molecule has 0 bridgehead atoms. The maximum absolute atomic E-state index is 13.5. The lowest BCUT2D eigenvalue weighted by Crippen LogP contribution is -2.45. The highest BCUT2D eigenvalue weighted by atomic mass is 16.6. The number of rotatable bonds is 45. The number of unbranched alkanes of at least 4 members (excludes halogenated alkanes) is 16. The van der Waals surface area contributed by atoms with Gasteiger partial charge in [0.15, 0.2) is 0 Å². The fraction of sp³-hybridized carbons (Fsp3) is 0.930. The summed E-state index contributed by atoms with van der Waals surface area (Å²) in [6, 6.07) is -0.415. The number of hydrogen-bond donors (Lipinski definition) is 0. The zero-order valence-corrected chi connectivity index (χ0v) is 45.0. The molecular weight excluding hydrogens is 855 g/mol. The molecule has 2 fully saturated rings. The van der Waals surface area contributed by atoms with Crippen molar-refractivity contribution in [2.75, 3.05) is 72.7 Å². The number of hydrogen-bond acceptors (Lipinski definition) is 11. The smallest absolute Gasteiger partial charge is 0.323 e. The summed E-state index contributed by atoms with van der Waals surface area (Å²) in [5.41, 5.74) is 0. The van der Waals surface area contributed by atoms with Gasteiger partial charge >= 0.3 is 23.9 Å². The van der Waals surface area contributed by atoms with Crippen molar-refractivity contribution in [3.05, 3.63) is 0 Å². The number of carbonyl (C=O) groups is 4. The molecule has 2 atom stereocenters. The molecule has 0 aromatic rings. The van der Waals surface area contributed by atoms with Crippen LogP contribution in [0.15, 0.2) is 0 Å². The van der Waals surface area contributed by atoms with Crippen molar-refractivity contribution in [2.45, 2.75) is 258 Å². The Hall–Kier alpha value is -2.24. The molecule has 0 aromatic heterocycles. The van der Waals surface area contributed by atoms with Crippen molar-refractivity contribution in [2.24, 2.45) is 11.8 Å². The van der Waals surface area contributed by atoms with E-state index < -0.39 is 6.04 Å². The summed E-state index contributed by atoms with van der Waals surface area (Å²) in [5, 5.41) is 0. The molecule has 0 saturated carbocycles. The van der Waals surface area contributed by atoms with Crippen LogP contribution in [-0.4, -0.2) is 123 Å². The van der Waals surface area contributed by atoms with Crippen LogP contribution in [0.3, 0.4) is 0 Å². The fourth-order valence-corrected chi connectivity index (χ4v) is 10.1. The third-order valence-electron chi connectivity index (χ3n) is 14.7. The summed E-state index contributed by atoms with van der Waals surface area (Å²) in [4.78, 5) is 58.1. The van der Waals surface area contributed by atoms with Gasteiger partial charge in [-0.2, -0.15) is 0 Å². The number of esters is 4. The van der Waals surface area contributed by atoms with Crippen LogP contribution in [0.5, 0.6) is 0 Å². The molecular formula is C57H107N3O8. The van der Waals surface area contributed by atoms with Gasteiger partial charge in [-0.3, -0.25) is 24.1 Å². The first-order valence-electron chi connectivity index (χ1n) is 29.0. The Labute approximate surface area is 418 Å². The predicted octanol–water partition coefficient (Wildman–Crippen LogP) is 13.0. The molecule has 2 heterocycles.